The van der Waals surface area contributed by atoms with Crippen molar-refractivity contribution in [2.45, 2.75) is 38.0 Å². The molecule has 2 atom stereocenters. The van der Waals surface area contributed by atoms with Crippen molar-refractivity contribution in [3.05, 3.63) is 106 Å². The fourth-order valence-corrected chi connectivity index (χ4v) is 11.7. The molecule has 0 radical (unpaired) electrons. The summed E-state index contributed by atoms with van der Waals surface area (Å²) < 4.78 is 0. The van der Waals surface area contributed by atoms with Crippen LogP contribution < -0.4 is 0 Å². The first-order valence-corrected chi connectivity index (χ1v) is 14.5. The summed E-state index contributed by atoms with van der Waals surface area (Å²) in [5, 5.41) is 5.49. The molecule has 0 nitrogen and oxygen atoms in total. The normalized spacial score (nSPS) is 20.0. The first kappa shape index (κ1) is 18.8. The maximum absolute atomic E-state index is 2.62. The summed E-state index contributed by atoms with van der Waals surface area (Å²) in [7, 11) is -1.78. The first-order valence-electron chi connectivity index (χ1n) is 11.4. The van der Waals surface area contributed by atoms with Crippen LogP contribution in [0, 0.1) is 0 Å². The van der Waals surface area contributed by atoms with Crippen molar-refractivity contribution in [3.63, 3.8) is 0 Å². The average molecular weight is 417 g/mol. The van der Waals surface area contributed by atoms with Crippen molar-refractivity contribution >= 4 is 41.8 Å². The van der Waals surface area contributed by atoms with Gasteiger partial charge in [-0.25, -0.2) is 0 Å². The molecule has 0 saturated heterocycles. The number of allylic oxidation sites excluding steroid dienone is 2. The zero-order valence-electron chi connectivity index (χ0n) is 18.7. The third kappa shape index (κ3) is 2.60. The summed E-state index contributed by atoms with van der Waals surface area (Å²) in [4.78, 5) is 0. The molecular formula is C30H28Si. The van der Waals surface area contributed by atoms with Crippen molar-refractivity contribution in [3.8, 4) is 0 Å². The van der Waals surface area contributed by atoms with Crippen molar-refractivity contribution in [1.29, 1.82) is 0 Å². The molecule has 1 heteroatoms. The SMILES string of the molecule is CC1=Cc2c(ccc3ccccc23)[C@@H]1[Si](C)(C)[C@@H]1C(C)=Cc2c1ccc1ccccc21. The Kier molecular flexibility index (Phi) is 3.98. The van der Waals surface area contributed by atoms with Gasteiger partial charge in [-0.05, 0) is 57.6 Å². The van der Waals surface area contributed by atoms with Crippen molar-refractivity contribution in [2.24, 2.45) is 0 Å². The van der Waals surface area contributed by atoms with Crippen LogP contribution in [0.25, 0.3) is 33.7 Å². The topological polar surface area (TPSA) is 0 Å². The molecule has 4 aromatic rings. The van der Waals surface area contributed by atoms with Gasteiger partial charge in [0.1, 0.15) is 0 Å². The lowest BCUT2D eigenvalue weighted by Gasteiger charge is -2.39. The average Bonchev–Trinajstić information content (AvgIpc) is 3.30. The summed E-state index contributed by atoms with van der Waals surface area (Å²) in [6, 6.07) is 27.2. The minimum Gasteiger partial charge on any atom is -0.0679 e. The number of benzene rings is 4. The van der Waals surface area contributed by atoms with E-state index in [1.54, 1.807) is 22.3 Å². The van der Waals surface area contributed by atoms with Crippen molar-refractivity contribution in [1.82, 2.24) is 0 Å². The predicted molar refractivity (Wildman–Crippen MR) is 138 cm³/mol. The van der Waals surface area contributed by atoms with Crippen LogP contribution in [0.3, 0.4) is 0 Å². The summed E-state index contributed by atoms with van der Waals surface area (Å²) in [5.74, 6) is 0. The fraction of sp³-hybridized carbons (Fsp3) is 0.200. The Labute approximate surface area is 185 Å². The van der Waals surface area contributed by atoms with E-state index in [2.05, 4.69) is 112 Å². The van der Waals surface area contributed by atoms with E-state index in [1.165, 1.54) is 32.7 Å². The Hall–Kier alpha value is -2.90. The standard InChI is InChI=1S/C30H28Si/c1-19-17-27-23-11-7-5-9-21(23)13-15-25(27)29(19)31(3,4)30-20(2)18-28-24-12-8-6-10-22(24)14-16-26(28)30/h5-18,29-30H,1-4H3/t29-,30-/m1/s1. The van der Waals surface area contributed by atoms with Gasteiger partial charge in [0.05, 0.1) is 8.07 Å². The molecule has 31 heavy (non-hydrogen) atoms. The van der Waals surface area contributed by atoms with Crippen LogP contribution in [0.4, 0.5) is 0 Å². The largest absolute Gasteiger partial charge is 0.0722 e. The van der Waals surface area contributed by atoms with E-state index < -0.39 is 8.07 Å². The van der Waals surface area contributed by atoms with Crippen LogP contribution in [-0.2, 0) is 0 Å². The van der Waals surface area contributed by atoms with Crippen LogP contribution >= 0.6 is 0 Å². The maximum Gasteiger partial charge on any atom is 0.0722 e. The van der Waals surface area contributed by atoms with Gasteiger partial charge in [-0.1, -0.05) is 109 Å². The second-order valence-electron chi connectivity index (χ2n) is 10.0. The summed E-state index contributed by atoms with van der Waals surface area (Å²) in [6.07, 6.45) is 4.96. The molecular weight excluding hydrogens is 388 g/mol. The van der Waals surface area contributed by atoms with Gasteiger partial charge in [-0.2, -0.15) is 0 Å². The smallest absolute Gasteiger partial charge is 0.0679 e. The van der Waals surface area contributed by atoms with E-state index in [4.69, 9.17) is 0 Å². The zero-order chi connectivity index (χ0) is 21.3. The number of hydrogen-bond donors (Lipinski definition) is 0. The molecule has 0 unspecified atom stereocenters. The van der Waals surface area contributed by atoms with E-state index in [0.717, 1.165) is 0 Å². The van der Waals surface area contributed by atoms with Crippen molar-refractivity contribution < 1.29 is 0 Å². The minimum atomic E-state index is -1.78. The van der Waals surface area contributed by atoms with Gasteiger partial charge in [-0.15, -0.1) is 0 Å². The van der Waals surface area contributed by atoms with Gasteiger partial charge in [0.2, 0.25) is 0 Å². The van der Waals surface area contributed by atoms with Gasteiger partial charge >= 0.3 is 0 Å². The molecule has 0 aromatic heterocycles. The minimum absolute atomic E-state index is 0.554. The highest BCUT2D eigenvalue weighted by molar-refractivity contribution is 6.81. The second-order valence-corrected chi connectivity index (χ2v) is 14.8. The molecule has 2 aliphatic carbocycles. The molecule has 0 N–H and O–H groups in total. The fourth-order valence-electron chi connectivity index (χ4n) is 6.70. The molecule has 0 amide bonds. The number of fused-ring (bicyclic) bond motifs is 6. The highest BCUT2D eigenvalue weighted by Crippen LogP contribution is 2.53. The third-order valence-electron chi connectivity index (χ3n) is 7.77. The van der Waals surface area contributed by atoms with E-state index >= 15 is 0 Å². The second kappa shape index (κ2) is 6.55. The quantitative estimate of drug-likeness (QED) is 0.287. The summed E-state index contributed by atoms with van der Waals surface area (Å²) in [5.41, 5.74) is 10.2. The molecule has 0 heterocycles. The monoisotopic (exact) mass is 416 g/mol. The first-order chi connectivity index (χ1) is 15.0. The van der Waals surface area contributed by atoms with Crippen LogP contribution in [0.15, 0.2) is 83.9 Å². The van der Waals surface area contributed by atoms with E-state index in [9.17, 15) is 0 Å². The number of rotatable bonds is 2. The van der Waals surface area contributed by atoms with Crippen LogP contribution in [0.2, 0.25) is 13.1 Å². The van der Waals surface area contributed by atoms with Gasteiger partial charge in [0.15, 0.2) is 0 Å². The lowest BCUT2D eigenvalue weighted by atomic mass is 10.0. The summed E-state index contributed by atoms with van der Waals surface area (Å²) >= 11 is 0. The Morgan fingerprint density at radius 2 is 0.968 bits per heavy atom. The molecule has 0 fully saturated rings. The molecule has 0 bridgehead atoms. The Bertz CT molecular complexity index is 1320. The Morgan fingerprint density at radius 3 is 1.42 bits per heavy atom. The lowest BCUT2D eigenvalue weighted by Crippen LogP contribution is -2.42. The third-order valence-corrected chi connectivity index (χ3v) is 12.3. The van der Waals surface area contributed by atoms with Crippen LogP contribution in [0.1, 0.15) is 47.2 Å². The van der Waals surface area contributed by atoms with Crippen molar-refractivity contribution in [2.75, 3.05) is 0 Å². The lowest BCUT2D eigenvalue weighted by molar-refractivity contribution is 0.970. The Morgan fingerprint density at radius 1 is 0.548 bits per heavy atom. The number of hydrogen-bond acceptors (Lipinski definition) is 0. The predicted octanol–water partition coefficient (Wildman–Crippen LogP) is 8.48. The molecule has 0 aliphatic heterocycles. The van der Waals surface area contributed by atoms with Gasteiger partial charge in [-0.3, -0.25) is 0 Å². The molecule has 4 aromatic carbocycles. The zero-order valence-corrected chi connectivity index (χ0v) is 19.7. The highest BCUT2D eigenvalue weighted by atomic mass is 28.3. The van der Waals surface area contributed by atoms with E-state index in [0.29, 0.717) is 11.1 Å². The van der Waals surface area contributed by atoms with Crippen LogP contribution in [-0.4, -0.2) is 8.07 Å². The molecule has 2 aliphatic rings. The Balaban J connectivity index is 1.52. The van der Waals surface area contributed by atoms with Gasteiger partial charge < -0.3 is 0 Å². The molecule has 6 rings (SSSR count). The van der Waals surface area contributed by atoms with Gasteiger partial charge in [0, 0.05) is 11.1 Å². The summed E-state index contributed by atoms with van der Waals surface area (Å²) in [6.45, 7) is 9.96. The van der Waals surface area contributed by atoms with E-state index in [1.807, 2.05) is 0 Å². The maximum atomic E-state index is 2.62. The van der Waals surface area contributed by atoms with Crippen LogP contribution in [0.5, 0.6) is 0 Å². The molecule has 152 valence electrons. The molecule has 0 spiro atoms. The molecule has 0 saturated carbocycles. The highest BCUT2D eigenvalue weighted by Gasteiger charge is 2.46. The van der Waals surface area contributed by atoms with E-state index in [-0.39, 0.29) is 0 Å². The van der Waals surface area contributed by atoms with Gasteiger partial charge in [0.25, 0.3) is 0 Å².